The number of benzene rings is 2. The fourth-order valence-corrected chi connectivity index (χ4v) is 5.72. The van der Waals surface area contributed by atoms with E-state index in [4.69, 9.17) is 17.0 Å². The standard InChI is InChI=1S/C28H27BrN4OS/c1-4-34-21-14-12-20(13-15-21)33-27(26(31-28(33)35)24-10-7-8-16-30-24)22-17-18(2)32(19(22)3)25-11-6-5-9-23(25)29/h5-17,26-27H,4H2,1-3H3,(H,31,35)/t26-,27-/m0/s1. The Morgan fingerprint density at radius 1 is 1.03 bits per heavy atom. The summed E-state index contributed by atoms with van der Waals surface area (Å²) in [7, 11) is 0. The fourth-order valence-electron chi connectivity index (χ4n) is 4.91. The molecular weight excluding hydrogens is 520 g/mol. The molecule has 0 bridgehead atoms. The van der Waals surface area contributed by atoms with Crippen molar-refractivity contribution < 1.29 is 4.74 Å². The van der Waals surface area contributed by atoms with Crippen LogP contribution in [0, 0.1) is 13.8 Å². The first kappa shape index (κ1) is 23.6. The van der Waals surface area contributed by atoms with Crippen molar-refractivity contribution in [1.82, 2.24) is 14.9 Å². The SMILES string of the molecule is CCOc1ccc(N2C(=S)N[C@@H](c3ccccn3)[C@@H]2c2cc(C)n(-c3ccccc3Br)c2C)cc1. The molecule has 0 saturated carbocycles. The molecule has 35 heavy (non-hydrogen) atoms. The van der Waals surface area contributed by atoms with Gasteiger partial charge in [-0.1, -0.05) is 18.2 Å². The van der Waals surface area contributed by atoms with E-state index in [1.807, 2.05) is 43.5 Å². The maximum absolute atomic E-state index is 5.90. The van der Waals surface area contributed by atoms with Gasteiger partial charge in [-0.2, -0.15) is 0 Å². The third-order valence-electron chi connectivity index (χ3n) is 6.41. The van der Waals surface area contributed by atoms with Crippen LogP contribution in [0.15, 0.2) is 83.5 Å². The molecule has 1 aliphatic rings. The summed E-state index contributed by atoms with van der Waals surface area (Å²) in [6, 6.07) is 24.6. The number of nitrogens with zero attached hydrogens (tertiary/aromatic N) is 3. The van der Waals surface area contributed by atoms with E-state index in [-0.39, 0.29) is 12.1 Å². The molecule has 5 rings (SSSR count). The minimum atomic E-state index is -0.0940. The Balaban J connectivity index is 1.65. The molecule has 0 aliphatic carbocycles. The van der Waals surface area contributed by atoms with E-state index >= 15 is 0 Å². The highest BCUT2D eigenvalue weighted by atomic mass is 79.9. The van der Waals surface area contributed by atoms with Gasteiger partial charge in [0.1, 0.15) is 5.75 Å². The van der Waals surface area contributed by atoms with Crippen molar-refractivity contribution >= 4 is 38.9 Å². The average Bonchev–Trinajstić information content (AvgIpc) is 3.36. The number of hydrogen-bond acceptors (Lipinski definition) is 3. The Morgan fingerprint density at radius 3 is 2.46 bits per heavy atom. The van der Waals surface area contributed by atoms with Crippen molar-refractivity contribution in [3.8, 4) is 11.4 Å². The number of anilines is 1. The average molecular weight is 548 g/mol. The molecule has 178 valence electrons. The predicted molar refractivity (Wildman–Crippen MR) is 148 cm³/mol. The summed E-state index contributed by atoms with van der Waals surface area (Å²) in [6.45, 7) is 6.94. The Morgan fingerprint density at radius 2 is 1.77 bits per heavy atom. The van der Waals surface area contributed by atoms with Crippen molar-refractivity contribution in [2.75, 3.05) is 11.5 Å². The highest BCUT2D eigenvalue weighted by Gasteiger charge is 2.42. The number of nitrogens with one attached hydrogen (secondary N) is 1. The molecular formula is C28H27BrN4OS. The van der Waals surface area contributed by atoms with Crippen molar-refractivity contribution in [2.24, 2.45) is 0 Å². The molecule has 7 heteroatoms. The summed E-state index contributed by atoms with van der Waals surface area (Å²) in [5.41, 5.74) is 6.62. The number of thiocarbonyl (C=S) groups is 1. The van der Waals surface area contributed by atoms with Crippen LogP contribution in [0.25, 0.3) is 5.69 Å². The summed E-state index contributed by atoms with van der Waals surface area (Å²) in [4.78, 5) is 6.89. The maximum Gasteiger partial charge on any atom is 0.174 e. The molecule has 5 nitrogen and oxygen atoms in total. The van der Waals surface area contributed by atoms with Crippen LogP contribution in [0.2, 0.25) is 0 Å². The second-order valence-corrected chi connectivity index (χ2v) is 9.78. The van der Waals surface area contributed by atoms with Gasteiger partial charge in [-0.25, -0.2) is 0 Å². The van der Waals surface area contributed by atoms with Crippen molar-refractivity contribution in [3.63, 3.8) is 0 Å². The number of aryl methyl sites for hydroxylation is 1. The van der Waals surface area contributed by atoms with E-state index in [1.54, 1.807) is 0 Å². The largest absolute Gasteiger partial charge is 0.494 e. The number of halogens is 1. The lowest BCUT2D eigenvalue weighted by Crippen LogP contribution is -2.29. The first-order valence-corrected chi connectivity index (χ1v) is 12.9. The summed E-state index contributed by atoms with van der Waals surface area (Å²) in [6.07, 6.45) is 1.83. The lowest BCUT2D eigenvalue weighted by atomic mass is 9.96. The minimum absolute atomic E-state index is 0.0715. The molecule has 1 saturated heterocycles. The number of rotatable bonds is 6. The quantitative estimate of drug-likeness (QED) is 0.268. The minimum Gasteiger partial charge on any atom is -0.494 e. The van der Waals surface area contributed by atoms with Gasteiger partial charge in [-0.15, -0.1) is 0 Å². The molecule has 1 fully saturated rings. The molecule has 1 aliphatic heterocycles. The van der Waals surface area contributed by atoms with E-state index in [2.05, 4.69) is 92.0 Å². The zero-order valence-electron chi connectivity index (χ0n) is 19.9. The van der Waals surface area contributed by atoms with Crippen LogP contribution < -0.4 is 15.0 Å². The number of aromatic nitrogens is 2. The molecule has 0 amide bonds. The third-order valence-corrected chi connectivity index (χ3v) is 7.39. The molecule has 4 aromatic rings. The number of pyridine rings is 1. The zero-order valence-corrected chi connectivity index (χ0v) is 22.3. The van der Waals surface area contributed by atoms with Crippen molar-refractivity contribution in [1.29, 1.82) is 0 Å². The van der Waals surface area contributed by atoms with E-state index in [9.17, 15) is 0 Å². The van der Waals surface area contributed by atoms with Crippen molar-refractivity contribution in [3.05, 3.63) is 106 Å². The molecule has 0 spiro atoms. The van der Waals surface area contributed by atoms with Crippen LogP contribution in [0.3, 0.4) is 0 Å². The summed E-state index contributed by atoms with van der Waals surface area (Å²) < 4.78 is 9.02. The Kier molecular flexibility index (Phi) is 6.62. The van der Waals surface area contributed by atoms with Gasteiger partial charge in [0.15, 0.2) is 5.11 Å². The molecule has 1 N–H and O–H groups in total. The van der Waals surface area contributed by atoms with Gasteiger partial charge in [-0.05, 0) is 109 Å². The molecule has 2 aromatic heterocycles. The summed E-state index contributed by atoms with van der Waals surface area (Å²) in [5.74, 6) is 0.847. The van der Waals surface area contributed by atoms with Gasteiger partial charge in [0.05, 0.1) is 30.1 Å². The van der Waals surface area contributed by atoms with Gasteiger partial charge < -0.3 is 19.5 Å². The smallest absolute Gasteiger partial charge is 0.174 e. The Hall–Kier alpha value is -3.16. The van der Waals surface area contributed by atoms with Gasteiger partial charge >= 0.3 is 0 Å². The normalized spacial score (nSPS) is 17.5. The topological polar surface area (TPSA) is 42.3 Å². The lowest BCUT2D eigenvalue weighted by Gasteiger charge is -2.28. The van der Waals surface area contributed by atoms with Crippen LogP contribution in [0.4, 0.5) is 5.69 Å². The van der Waals surface area contributed by atoms with Crippen LogP contribution in [0.1, 0.15) is 41.7 Å². The molecule has 3 heterocycles. The second kappa shape index (κ2) is 9.84. The summed E-state index contributed by atoms with van der Waals surface area (Å²) in [5, 5.41) is 4.24. The van der Waals surface area contributed by atoms with Crippen LogP contribution in [-0.4, -0.2) is 21.3 Å². The van der Waals surface area contributed by atoms with Gasteiger partial charge in [0, 0.05) is 27.7 Å². The van der Waals surface area contributed by atoms with Gasteiger partial charge in [0.25, 0.3) is 0 Å². The first-order valence-electron chi connectivity index (χ1n) is 11.7. The molecule has 2 atom stereocenters. The summed E-state index contributed by atoms with van der Waals surface area (Å²) >= 11 is 9.63. The van der Waals surface area contributed by atoms with E-state index in [0.29, 0.717) is 11.7 Å². The highest BCUT2D eigenvalue weighted by molar-refractivity contribution is 9.10. The fraction of sp³-hybridized carbons (Fsp3) is 0.214. The number of hydrogen-bond donors (Lipinski definition) is 1. The number of ether oxygens (including phenoxy) is 1. The predicted octanol–water partition coefficient (Wildman–Crippen LogP) is 6.83. The van der Waals surface area contributed by atoms with E-state index in [1.165, 1.54) is 11.3 Å². The molecule has 0 unspecified atom stereocenters. The van der Waals surface area contributed by atoms with Crippen LogP contribution in [-0.2, 0) is 0 Å². The lowest BCUT2D eigenvalue weighted by molar-refractivity contribution is 0.340. The van der Waals surface area contributed by atoms with Crippen LogP contribution >= 0.6 is 28.1 Å². The molecule has 0 radical (unpaired) electrons. The van der Waals surface area contributed by atoms with E-state index in [0.717, 1.165) is 33.0 Å². The van der Waals surface area contributed by atoms with Crippen molar-refractivity contribution in [2.45, 2.75) is 32.9 Å². The Labute approximate surface area is 219 Å². The van der Waals surface area contributed by atoms with Gasteiger partial charge in [0.2, 0.25) is 0 Å². The highest BCUT2D eigenvalue weighted by Crippen LogP contribution is 2.44. The second-order valence-electron chi connectivity index (χ2n) is 8.54. The van der Waals surface area contributed by atoms with Crippen LogP contribution in [0.5, 0.6) is 5.75 Å². The van der Waals surface area contributed by atoms with Gasteiger partial charge in [-0.3, -0.25) is 4.98 Å². The zero-order chi connectivity index (χ0) is 24.5. The number of para-hydroxylation sites is 1. The third kappa shape index (κ3) is 4.34. The molecule has 2 aromatic carbocycles. The Bertz CT molecular complexity index is 1350. The maximum atomic E-state index is 5.90. The first-order chi connectivity index (χ1) is 17.0. The van der Waals surface area contributed by atoms with E-state index < -0.39 is 0 Å². The monoisotopic (exact) mass is 546 g/mol.